The third kappa shape index (κ3) is 9.03. The van der Waals surface area contributed by atoms with Crippen LogP contribution < -0.4 is 5.32 Å². The Morgan fingerprint density at radius 2 is 1.60 bits per heavy atom. The Kier molecular flexibility index (Phi) is 13.4. The van der Waals surface area contributed by atoms with E-state index in [1.54, 1.807) is 18.3 Å². The maximum Gasteiger partial charge on any atom is 0.308 e. The molecule has 2 amide bonds. The second kappa shape index (κ2) is 18.0. The summed E-state index contributed by atoms with van der Waals surface area (Å²) >= 11 is 13.5. The van der Waals surface area contributed by atoms with Crippen molar-refractivity contribution in [2.75, 3.05) is 44.8 Å². The molecule has 1 aliphatic carbocycles. The highest BCUT2D eigenvalue weighted by Crippen LogP contribution is 2.36. The molecule has 13 heteroatoms. The zero-order valence-corrected chi connectivity index (χ0v) is 32.7. The van der Waals surface area contributed by atoms with Crippen molar-refractivity contribution in [1.82, 2.24) is 14.4 Å². The van der Waals surface area contributed by atoms with Crippen LogP contribution in [0.25, 0.3) is 10.9 Å². The number of anilines is 1. The van der Waals surface area contributed by atoms with Crippen LogP contribution in [0.3, 0.4) is 0 Å². The molecule has 6 rings (SSSR count). The van der Waals surface area contributed by atoms with Crippen molar-refractivity contribution >= 4 is 57.6 Å². The van der Waals surface area contributed by atoms with Crippen molar-refractivity contribution < 1.29 is 33.3 Å². The van der Waals surface area contributed by atoms with Crippen molar-refractivity contribution in [3.63, 3.8) is 0 Å². The van der Waals surface area contributed by atoms with E-state index in [1.807, 2.05) is 61.6 Å². The van der Waals surface area contributed by atoms with Crippen molar-refractivity contribution in [3.05, 3.63) is 63.8 Å². The lowest BCUT2D eigenvalue weighted by molar-refractivity contribution is -0.161. The second-order valence-electron chi connectivity index (χ2n) is 14.2. The Hall–Kier alpha value is -3.19. The molecule has 2 saturated heterocycles. The maximum atomic E-state index is 14.2. The lowest BCUT2D eigenvalue weighted by Gasteiger charge is -2.40. The minimum Gasteiger partial charge on any atom is -0.466 e. The van der Waals surface area contributed by atoms with Crippen molar-refractivity contribution in [2.24, 2.45) is 13.0 Å². The van der Waals surface area contributed by atoms with Gasteiger partial charge in [-0.1, -0.05) is 41.4 Å². The molecule has 1 unspecified atom stereocenters. The number of nitrogens with zero attached hydrogens (tertiary/aromatic N) is 3. The summed E-state index contributed by atoms with van der Waals surface area (Å²) in [6.45, 7) is 9.21. The first kappa shape index (κ1) is 39.5. The number of likely N-dealkylation sites (tertiary alicyclic amines) is 2. The number of carbonyl (C=O) groups is 3. The Balaban J connectivity index is 1.17. The molecular weight excluding hydrogens is 719 g/mol. The van der Waals surface area contributed by atoms with Crippen LogP contribution in [0.15, 0.2) is 42.6 Å². The number of nitrogens with one attached hydrogen (secondary N) is 1. The molecule has 3 aromatic rings. The number of aromatic nitrogens is 1. The van der Waals surface area contributed by atoms with E-state index >= 15 is 0 Å². The van der Waals surface area contributed by atoms with E-state index in [4.69, 9.17) is 42.1 Å². The van der Waals surface area contributed by atoms with E-state index in [1.165, 1.54) is 0 Å². The van der Waals surface area contributed by atoms with Crippen LogP contribution in [0, 0.1) is 5.92 Å². The van der Waals surface area contributed by atoms with Crippen LogP contribution in [0.1, 0.15) is 75.2 Å². The van der Waals surface area contributed by atoms with Gasteiger partial charge in [0, 0.05) is 62.0 Å². The molecule has 0 bridgehead atoms. The molecule has 0 spiro atoms. The van der Waals surface area contributed by atoms with Gasteiger partial charge in [-0.2, -0.15) is 0 Å². The summed E-state index contributed by atoms with van der Waals surface area (Å²) in [6, 6.07) is 10.8. The average Bonchev–Trinajstić information content (AvgIpc) is 3.88. The monoisotopic (exact) mass is 770 g/mol. The fourth-order valence-electron chi connectivity index (χ4n) is 8.23. The maximum absolute atomic E-state index is 14.2. The molecule has 53 heavy (non-hydrogen) atoms. The molecule has 1 saturated carbocycles. The topological polar surface area (TPSA) is 112 Å². The van der Waals surface area contributed by atoms with Gasteiger partial charge in [0.25, 0.3) is 5.91 Å². The molecule has 3 fully saturated rings. The van der Waals surface area contributed by atoms with Crippen LogP contribution in [0.5, 0.6) is 0 Å². The molecule has 2 aliphatic heterocycles. The standard InChI is InChI=1S/C40H52Cl2N4O7/c1-5-50-35-23-45(24-36(35)51-6-2)39(53-27-16-14-25(15-17-27)40(49)52-7-3)34-13-10-18-46(34)37(47)20-26-19-31(42)32(21-30(26)41)43-38(48)29-22-44(4)33-12-9-8-11-28(29)33/h8-9,11-12,19,21-22,25,27,34-36,39H,5-7,10,13-18,20,23-24H2,1-4H3,(H,43,48)/t25-,27-,34-,35-,36+,39?/m0/s1. The van der Waals surface area contributed by atoms with Gasteiger partial charge in [-0.05, 0) is 83.1 Å². The Morgan fingerprint density at radius 3 is 2.28 bits per heavy atom. The molecule has 0 radical (unpaired) electrons. The van der Waals surface area contributed by atoms with Crippen LogP contribution in [0.4, 0.5) is 5.69 Å². The van der Waals surface area contributed by atoms with Gasteiger partial charge in [0.2, 0.25) is 5.91 Å². The summed E-state index contributed by atoms with van der Waals surface area (Å²) in [6.07, 6.45) is 5.76. The van der Waals surface area contributed by atoms with Crippen molar-refractivity contribution in [2.45, 2.75) is 96.3 Å². The molecule has 4 atom stereocenters. The van der Waals surface area contributed by atoms with Gasteiger partial charge in [0.05, 0.1) is 59.6 Å². The summed E-state index contributed by atoms with van der Waals surface area (Å²) in [5.41, 5.74) is 2.42. The number of esters is 1. The van der Waals surface area contributed by atoms with Crippen molar-refractivity contribution in [3.8, 4) is 0 Å². The highest BCUT2D eigenvalue weighted by Gasteiger charge is 2.45. The summed E-state index contributed by atoms with van der Waals surface area (Å²) in [5, 5.41) is 4.38. The van der Waals surface area contributed by atoms with E-state index in [2.05, 4.69) is 10.2 Å². The molecule has 3 heterocycles. The first-order chi connectivity index (χ1) is 25.6. The first-order valence-electron chi connectivity index (χ1n) is 19.0. The fourth-order valence-corrected chi connectivity index (χ4v) is 8.70. The number of benzene rings is 2. The minimum atomic E-state index is -0.371. The number of aryl methyl sites for hydroxylation is 1. The largest absolute Gasteiger partial charge is 0.466 e. The highest BCUT2D eigenvalue weighted by molar-refractivity contribution is 6.36. The number of carbonyl (C=O) groups excluding carboxylic acids is 3. The molecule has 1 aromatic heterocycles. The summed E-state index contributed by atoms with van der Waals surface area (Å²) in [7, 11) is 1.90. The van der Waals surface area contributed by atoms with Crippen LogP contribution in [-0.2, 0) is 42.0 Å². The second-order valence-corrected chi connectivity index (χ2v) is 15.0. The third-order valence-corrected chi connectivity index (χ3v) is 11.5. The SMILES string of the molecule is CCOC(=O)[C@H]1CC[C@H](OC([C@@H]2CCCN2C(=O)Cc2cc(Cl)c(NC(=O)c3cn(C)c4ccccc34)cc2Cl)N2C[C@H](OCC)[C@H](OCC)C2)CC1. The Labute approximate surface area is 322 Å². The lowest BCUT2D eigenvalue weighted by Crippen LogP contribution is -2.53. The normalized spacial score (nSPS) is 24.1. The number of amides is 2. The predicted octanol–water partition coefficient (Wildman–Crippen LogP) is 6.86. The average molecular weight is 772 g/mol. The quantitative estimate of drug-likeness (QED) is 0.177. The Bertz CT molecular complexity index is 1750. The number of hydrogen-bond donors (Lipinski definition) is 1. The lowest BCUT2D eigenvalue weighted by atomic mass is 9.87. The first-order valence-corrected chi connectivity index (χ1v) is 19.8. The van der Waals surface area contributed by atoms with Crippen molar-refractivity contribution in [1.29, 1.82) is 0 Å². The van der Waals surface area contributed by atoms with Crippen LogP contribution >= 0.6 is 23.2 Å². The number of ether oxygens (including phenoxy) is 4. The van der Waals surface area contributed by atoms with E-state index in [-0.39, 0.29) is 60.7 Å². The predicted molar refractivity (Wildman–Crippen MR) is 205 cm³/mol. The van der Waals surface area contributed by atoms with Gasteiger partial charge in [0.1, 0.15) is 6.23 Å². The number of halogens is 2. The molecule has 1 N–H and O–H groups in total. The van der Waals surface area contributed by atoms with Gasteiger partial charge in [-0.15, -0.1) is 0 Å². The van der Waals surface area contributed by atoms with Gasteiger partial charge in [-0.25, -0.2) is 0 Å². The van der Waals surface area contributed by atoms with Gasteiger partial charge >= 0.3 is 5.97 Å². The van der Waals surface area contributed by atoms with E-state index in [0.717, 1.165) is 36.6 Å². The Morgan fingerprint density at radius 1 is 0.906 bits per heavy atom. The minimum absolute atomic E-state index is 0.0487. The van der Waals surface area contributed by atoms with E-state index < -0.39 is 0 Å². The van der Waals surface area contributed by atoms with E-state index in [9.17, 15) is 14.4 Å². The zero-order chi connectivity index (χ0) is 37.6. The van der Waals surface area contributed by atoms with Gasteiger partial charge in [-0.3, -0.25) is 19.3 Å². The van der Waals surface area contributed by atoms with Crippen LogP contribution in [-0.4, -0.2) is 102 Å². The number of para-hydroxylation sites is 1. The summed E-state index contributed by atoms with van der Waals surface area (Å²) in [4.78, 5) is 44.2. The number of rotatable bonds is 14. The smallest absolute Gasteiger partial charge is 0.308 e. The molecule has 3 aliphatic rings. The molecule has 288 valence electrons. The molecular formula is C40H52Cl2N4O7. The highest BCUT2D eigenvalue weighted by atomic mass is 35.5. The van der Waals surface area contributed by atoms with Gasteiger partial charge in [0.15, 0.2) is 0 Å². The van der Waals surface area contributed by atoms with Gasteiger partial charge < -0.3 is 33.7 Å². The number of fused-ring (bicyclic) bond motifs is 1. The molecule has 11 nitrogen and oxygen atoms in total. The van der Waals surface area contributed by atoms with Crippen LogP contribution in [0.2, 0.25) is 10.0 Å². The van der Waals surface area contributed by atoms with E-state index in [0.29, 0.717) is 79.2 Å². The summed E-state index contributed by atoms with van der Waals surface area (Å²) in [5.74, 6) is -0.611. The molecule has 2 aromatic carbocycles. The summed E-state index contributed by atoms with van der Waals surface area (Å²) < 4.78 is 26.4. The fraction of sp³-hybridized carbons (Fsp3) is 0.575. The zero-order valence-electron chi connectivity index (χ0n) is 31.2. The number of hydrogen-bond acceptors (Lipinski definition) is 8. The third-order valence-electron chi connectivity index (χ3n) is 10.8.